The molecule has 1 N–H and O–H groups in total. The largest absolute Gasteiger partial charge is 0.548 e. The van der Waals surface area contributed by atoms with E-state index in [4.69, 9.17) is 4.52 Å². The summed E-state index contributed by atoms with van der Waals surface area (Å²) in [5.41, 5.74) is 2.01. The molecule has 0 heterocycles. The minimum atomic E-state index is -1.75. The first kappa shape index (κ1) is 11.8. The second-order valence-corrected chi connectivity index (χ2v) is 4.93. The Morgan fingerprint density at radius 3 is 1.88 bits per heavy atom. The van der Waals surface area contributed by atoms with Crippen molar-refractivity contribution >= 4 is 13.3 Å². The third-order valence-electron chi connectivity index (χ3n) is 2.44. The van der Waals surface area contributed by atoms with Gasteiger partial charge in [0, 0.05) is 0 Å². The molecule has 86 valence electrons. The normalized spacial score (nSPS) is 11.2. The third-order valence-corrected chi connectivity index (χ3v) is 3.50. The number of phenolic OH excluding ortho intramolecular Hbond substituents is 1. The summed E-state index contributed by atoms with van der Waals surface area (Å²) >= 11 is 0. The molecular weight excluding hydrogens is 235 g/mol. The molecule has 0 saturated heterocycles. The maximum absolute atomic E-state index is 11.4. The maximum Gasteiger partial charge on any atom is 0.548 e. The number of rotatable bonds is 3. The summed E-state index contributed by atoms with van der Waals surface area (Å²) in [4.78, 5) is 0. The van der Waals surface area contributed by atoms with Gasteiger partial charge < -0.3 is 5.11 Å². The van der Waals surface area contributed by atoms with Gasteiger partial charge in [-0.3, -0.25) is 0 Å². The fraction of sp³-hybridized carbons (Fsp3) is 0.0769. The highest BCUT2D eigenvalue weighted by Gasteiger charge is 2.18. The summed E-state index contributed by atoms with van der Waals surface area (Å²) in [7, 11) is -0.327. The molecule has 3 nitrogen and oxygen atoms in total. The van der Waals surface area contributed by atoms with Crippen LogP contribution in [0.1, 0.15) is 0 Å². The van der Waals surface area contributed by atoms with Gasteiger partial charge in [-0.25, -0.2) is 0 Å². The Hall–Kier alpha value is -1.70. The van der Waals surface area contributed by atoms with Crippen LogP contribution in [0.4, 0.5) is 0 Å². The quantitative estimate of drug-likeness (QED) is 0.848. The Bertz CT molecular complexity index is 517. The van der Waals surface area contributed by atoms with Gasteiger partial charge in [0.25, 0.3) is 0 Å². The van der Waals surface area contributed by atoms with Crippen LogP contribution in [0.3, 0.4) is 0 Å². The molecule has 4 heteroatoms. The topological polar surface area (TPSA) is 46.5 Å². The van der Waals surface area contributed by atoms with Crippen LogP contribution in [0, 0.1) is 0 Å². The van der Waals surface area contributed by atoms with Crippen LogP contribution in [-0.4, -0.2) is 12.2 Å². The van der Waals surface area contributed by atoms with Crippen molar-refractivity contribution in [3.63, 3.8) is 0 Å². The average Bonchev–Trinajstić information content (AvgIpc) is 2.39. The highest BCUT2D eigenvalue weighted by Crippen LogP contribution is 2.24. The molecule has 2 aromatic carbocycles. The SMILES string of the molecule is CO[P+](=O)c1ccc(-c2ccc(O)cc2)cc1. The fourth-order valence-electron chi connectivity index (χ4n) is 1.53. The van der Waals surface area contributed by atoms with Crippen LogP contribution in [0.2, 0.25) is 0 Å². The van der Waals surface area contributed by atoms with E-state index in [1.54, 1.807) is 24.3 Å². The zero-order valence-corrected chi connectivity index (χ0v) is 10.2. The van der Waals surface area contributed by atoms with Gasteiger partial charge in [0.2, 0.25) is 5.30 Å². The highest BCUT2D eigenvalue weighted by molar-refractivity contribution is 7.48. The molecule has 2 aromatic rings. The van der Waals surface area contributed by atoms with E-state index >= 15 is 0 Å². The fourth-order valence-corrected chi connectivity index (χ4v) is 2.14. The lowest BCUT2D eigenvalue weighted by Gasteiger charge is -2.00. The van der Waals surface area contributed by atoms with E-state index in [0.717, 1.165) is 11.1 Å². The number of hydrogen-bond donors (Lipinski definition) is 1. The molecule has 0 amide bonds. The second kappa shape index (κ2) is 5.09. The molecule has 1 unspecified atom stereocenters. The van der Waals surface area contributed by atoms with Crippen molar-refractivity contribution in [2.24, 2.45) is 0 Å². The van der Waals surface area contributed by atoms with Crippen molar-refractivity contribution < 1.29 is 14.2 Å². The second-order valence-electron chi connectivity index (χ2n) is 3.53. The van der Waals surface area contributed by atoms with Gasteiger partial charge in [-0.15, -0.1) is 4.52 Å². The zero-order chi connectivity index (χ0) is 12.3. The van der Waals surface area contributed by atoms with Gasteiger partial charge >= 0.3 is 8.03 Å². The summed E-state index contributed by atoms with van der Waals surface area (Å²) in [5, 5.41) is 9.87. The van der Waals surface area contributed by atoms with Crippen LogP contribution < -0.4 is 5.30 Å². The van der Waals surface area contributed by atoms with Gasteiger partial charge in [-0.1, -0.05) is 12.1 Å². The standard InChI is InChI=1S/C13H11O3P/c1-16-17(15)13-8-4-11(5-9-13)10-2-6-12(14)7-3-10/h2-9H,1H3/p+1. The molecule has 0 bridgehead atoms. The Morgan fingerprint density at radius 1 is 0.941 bits per heavy atom. The van der Waals surface area contributed by atoms with Crippen LogP contribution in [0.15, 0.2) is 48.5 Å². The van der Waals surface area contributed by atoms with Crippen LogP contribution in [0.5, 0.6) is 5.75 Å². The zero-order valence-electron chi connectivity index (χ0n) is 9.33. The lowest BCUT2D eigenvalue weighted by atomic mass is 10.1. The first-order valence-electron chi connectivity index (χ1n) is 5.11. The Kier molecular flexibility index (Phi) is 3.52. The number of aromatic hydroxyl groups is 1. The van der Waals surface area contributed by atoms with Crippen LogP contribution in [0.25, 0.3) is 11.1 Å². The van der Waals surface area contributed by atoms with Gasteiger partial charge in [0.05, 0.1) is 7.11 Å². The van der Waals surface area contributed by atoms with E-state index in [2.05, 4.69) is 0 Å². The van der Waals surface area contributed by atoms with Crippen molar-refractivity contribution in [2.45, 2.75) is 0 Å². The minimum Gasteiger partial charge on any atom is -0.508 e. The average molecular weight is 247 g/mol. The van der Waals surface area contributed by atoms with E-state index in [9.17, 15) is 9.67 Å². The molecule has 0 aromatic heterocycles. The first-order valence-corrected chi connectivity index (χ1v) is 6.29. The Labute approximate surface area is 101 Å². The first-order chi connectivity index (χ1) is 8.20. The van der Waals surface area contributed by atoms with Gasteiger partial charge in [0.15, 0.2) is 0 Å². The molecule has 0 aliphatic carbocycles. The molecule has 17 heavy (non-hydrogen) atoms. The molecule has 0 aliphatic rings. The molecule has 0 aliphatic heterocycles. The lowest BCUT2D eigenvalue weighted by molar-refractivity contribution is 0.423. The van der Waals surface area contributed by atoms with Crippen LogP contribution >= 0.6 is 8.03 Å². The third kappa shape index (κ3) is 2.70. The molecule has 0 fully saturated rings. The van der Waals surface area contributed by atoms with E-state index in [-0.39, 0.29) is 5.75 Å². The monoisotopic (exact) mass is 247 g/mol. The van der Waals surface area contributed by atoms with Crippen molar-refractivity contribution in [1.82, 2.24) is 0 Å². The van der Waals surface area contributed by atoms with E-state index in [0.29, 0.717) is 5.30 Å². The predicted octanol–water partition coefficient (Wildman–Crippen LogP) is 3.07. The number of hydrogen-bond acceptors (Lipinski definition) is 3. The van der Waals surface area contributed by atoms with Crippen LogP contribution in [-0.2, 0) is 9.09 Å². The van der Waals surface area contributed by atoms with Crippen molar-refractivity contribution in [3.8, 4) is 16.9 Å². The predicted molar refractivity (Wildman–Crippen MR) is 67.8 cm³/mol. The van der Waals surface area contributed by atoms with Crippen molar-refractivity contribution in [1.29, 1.82) is 0 Å². The van der Waals surface area contributed by atoms with Gasteiger partial charge in [-0.05, 0) is 52.1 Å². The Morgan fingerprint density at radius 2 is 1.41 bits per heavy atom. The van der Waals surface area contributed by atoms with Crippen molar-refractivity contribution in [2.75, 3.05) is 7.11 Å². The molecule has 1 atom stereocenters. The molecule has 0 saturated carbocycles. The number of benzene rings is 2. The molecule has 0 spiro atoms. The van der Waals surface area contributed by atoms with Crippen molar-refractivity contribution in [3.05, 3.63) is 48.5 Å². The summed E-state index contributed by atoms with van der Waals surface area (Å²) < 4.78 is 16.2. The summed E-state index contributed by atoms with van der Waals surface area (Å²) in [6, 6.07) is 14.3. The highest BCUT2D eigenvalue weighted by atomic mass is 31.1. The summed E-state index contributed by atoms with van der Waals surface area (Å²) in [6.07, 6.45) is 0. The molecule has 0 radical (unpaired) electrons. The minimum absolute atomic E-state index is 0.243. The van der Waals surface area contributed by atoms with Gasteiger partial charge in [0.1, 0.15) is 5.75 Å². The van der Waals surface area contributed by atoms with Gasteiger partial charge in [-0.2, -0.15) is 0 Å². The maximum atomic E-state index is 11.4. The van der Waals surface area contributed by atoms with E-state index in [1.807, 2.05) is 24.3 Å². The van der Waals surface area contributed by atoms with E-state index in [1.165, 1.54) is 7.11 Å². The molecule has 2 rings (SSSR count). The molecular formula is C13H12O3P+. The summed E-state index contributed by atoms with van der Waals surface area (Å²) in [6.45, 7) is 0. The summed E-state index contributed by atoms with van der Waals surface area (Å²) in [5.74, 6) is 0.243. The Balaban J connectivity index is 2.29. The lowest BCUT2D eigenvalue weighted by Crippen LogP contribution is -1.95. The van der Waals surface area contributed by atoms with E-state index < -0.39 is 8.03 Å². The smallest absolute Gasteiger partial charge is 0.508 e. The number of phenols is 1.